The average Bonchev–Trinajstić information content (AvgIpc) is 3.14. The number of aryl methyl sites for hydroxylation is 1. The molecule has 0 bridgehead atoms. The number of nitrogens with two attached hydrogens (primary N) is 1. The van der Waals surface area contributed by atoms with E-state index in [-0.39, 0.29) is 24.7 Å². The molecule has 0 aromatic carbocycles. The minimum atomic E-state index is -0.769. The topological polar surface area (TPSA) is 125 Å². The van der Waals surface area contributed by atoms with Crippen LogP contribution in [0.1, 0.15) is 32.6 Å². The van der Waals surface area contributed by atoms with Crippen LogP contribution in [-0.2, 0) is 21.3 Å². The predicted molar refractivity (Wildman–Crippen MR) is 105 cm³/mol. The van der Waals surface area contributed by atoms with Crippen LogP contribution in [0.3, 0.4) is 0 Å². The van der Waals surface area contributed by atoms with Crippen LogP contribution >= 0.6 is 0 Å². The zero-order valence-electron chi connectivity index (χ0n) is 16.7. The molecule has 2 amide bonds. The van der Waals surface area contributed by atoms with Crippen molar-refractivity contribution in [1.29, 1.82) is 0 Å². The molecular weight excluding hydrogens is 376 g/mol. The number of rotatable bonds is 7. The molecule has 2 aromatic heterocycles. The molecule has 0 spiro atoms. The number of ether oxygens (including phenoxy) is 2. The summed E-state index contributed by atoms with van der Waals surface area (Å²) in [4.78, 5) is 34.4. The number of primary amides is 1. The summed E-state index contributed by atoms with van der Waals surface area (Å²) in [5.74, 6) is 0.302. The van der Waals surface area contributed by atoms with E-state index in [1.54, 1.807) is 28.2 Å². The fourth-order valence-electron chi connectivity index (χ4n) is 3.51. The fourth-order valence-corrected chi connectivity index (χ4v) is 3.51. The summed E-state index contributed by atoms with van der Waals surface area (Å²) in [6.45, 7) is 2.26. The van der Waals surface area contributed by atoms with Gasteiger partial charge in [0.2, 0.25) is 0 Å². The number of aromatic nitrogens is 4. The van der Waals surface area contributed by atoms with E-state index in [2.05, 4.69) is 15.1 Å². The van der Waals surface area contributed by atoms with E-state index >= 15 is 0 Å². The molecule has 1 aliphatic carbocycles. The van der Waals surface area contributed by atoms with E-state index in [1.807, 2.05) is 20.2 Å². The van der Waals surface area contributed by atoms with Crippen LogP contribution in [0.5, 0.6) is 0 Å². The third-order valence-electron chi connectivity index (χ3n) is 4.88. The van der Waals surface area contributed by atoms with Crippen molar-refractivity contribution in [3.63, 3.8) is 0 Å². The van der Waals surface area contributed by atoms with Crippen LogP contribution in [-0.4, -0.2) is 57.1 Å². The largest absolute Gasteiger partial charge is 0.446 e. The highest BCUT2D eigenvalue weighted by molar-refractivity contribution is 5.94. The van der Waals surface area contributed by atoms with Crippen molar-refractivity contribution in [2.75, 3.05) is 18.1 Å². The molecule has 29 heavy (non-hydrogen) atoms. The standard InChI is InChI=1S/C19H26N6O4/c1-3-28-12-18(26)25(14-4-6-15(7-5-14)29-19(20)27)17-10-21-16(9-22-17)13-8-23-24(2)11-13/h8-11,14-15H,3-7,12H2,1-2H3,(H2,20,27). The highest BCUT2D eigenvalue weighted by Gasteiger charge is 2.32. The third kappa shape index (κ3) is 5.29. The summed E-state index contributed by atoms with van der Waals surface area (Å²) in [5, 5.41) is 4.14. The van der Waals surface area contributed by atoms with Gasteiger partial charge in [-0.05, 0) is 32.6 Å². The Morgan fingerprint density at radius 3 is 2.52 bits per heavy atom. The lowest BCUT2D eigenvalue weighted by Gasteiger charge is -2.35. The molecule has 10 heteroatoms. The lowest BCUT2D eigenvalue weighted by Crippen LogP contribution is -2.46. The number of amides is 2. The van der Waals surface area contributed by atoms with Gasteiger partial charge in [0, 0.05) is 31.5 Å². The summed E-state index contributed by atoms with van der Waals surface area (Å²) in [6, 6.07) is -0.0748. The van der Waals surface area contributed by atoms with Gasteiger partial charge in [-0.1, -0.05) is 0 Å². The molecule has 1 fully saturated rings. The van der Waals surface area contributed by atoms with Gasteiger partial charge >= 0.3 is 6.09 Å². The SMILES string of the molecule is CCOCC(=O)N(c1cnc(-c2cnn(C)c2)cn1)C1CCC(OC(N)=O)CC1. The van der Waals surface area contributed by atoms with E-state index in [4.69, 9.17) is 15.2 Å². The Balaban J connectivity index is 1.77. The van der Waals surface area contributed by atoms with E-state index in [9.17, 15) is 9.59 Å². The van der Waals surface area contributed by atoms with Crippen LogP contribution in [0.15, 0.2) is 24.8 Å². The van der Waals surface area contributed by atoms with E-state index in [1.165, 1.54) is 0 Å². The van der Waals surface area contributed by atoms with Crippen molar-refractivity contribution < 1.29 is 19.1 Å². The van der Waals surface area contributed by atoms with E-state index in [0.29, 0.717) is 43.8 Å². The molecule has 1 saturated carbocycles. The summed E-state index contributed by atoms with van der Waals surface area (Å²) >= 11 is 0. The Bertz CT molecular complexity index is 829. The van der Waals surface area contributed by atoms with Crippen LogP contribution < -0.4 is 10.6 Å². The monoisotopic (exact) mass is 402 g/mol. The Hall–Kier alpha value is -3.01. The molecule has 10 nitrogen and oxygen atoms in total. The van der Waals surface area contributed by atoms with Gasteiger partial charge in [0.15, 0.2) is 5.82 Å². The van der Waals surface area contributed by atoms with E-state index < -0.39 is 6.09 Å². The molecule has 2 heterocycles. The number of anilines is 1. The minimum Gasteiger partial charge on any atom is -0.446 e. The molecule has 2 aromatic rings. The summed E-state index contributed by atoms with van der Waals surface area (Å²) in [5.41, 5.74) is 6.64. The van der Waals surface area contributed by atoms with Crippen molar-refractivity contribution in [1.82, 2.24) is 19.7 Å². The molecule has 0 radical (unpaired) electrons. The molecule has 0 aliphatic heterocycles. The van der Waals surface area contributed by atoms with Crippen molar-refractivity contribution >= 4 is 17.8 Å². The fraction of sp³-hybridized carbons (Fsp3) is 0.526. The number of carbonyl (C=O) groups excluding carboxylic acids is 2. The zero-order valence-corrected chi connectivity index (χ0v) is 16.7. The molecule has 156 valence electrons. The smallest absolute Gasteiger partial charge is 0.404 e. The Labute approximate surface area is 169 Å². The highest BCUT2D eigenvalue weighted by Crippen LogP contribution is 2.28. The summed E-state index contributed by atoms with van der Waals surface area (Å²) in [6.07, 6.45) is 8.40. The maximum Gasteiger partial charge on any atom is 0.404 e. The van der Waals surface area contributed by atoms with Crippen LogP contribution in [0.25, 0.3) is 11.3 Å². The number of carbonyl (C=O) groups is 2. The van der Waals surface area contributed by atoms with E-state index in [0.717, 1.165) is 5.56 Å². The van der Waals surface area contributed by atoms with Gasteiger partial charge in [-0.15, -0.1) is 0 Å². The van der Waals surface area contributed by atoms with Gasteiger partial charge < -0.3 is 15.2 Å². The van der Waals surface area contributed by atoms with Gasteiger partial charge in [-0.2, -0.15) is 5.10 Å². The van der Waals surface area contributed by atoms with Crippen LogP contribution in [0, 0.1) is 0 Å². The molecular formula is C19H26N6O4. The molecule has 0 unspecified atom stereocenters. The maximum absolute atomic E-state index is 12.8. The van der Waals surface area contributed by atoms with Gasteiger partial charge in [0.05, 0.1) is 24.3 Å². The first kappa shape index (κ1) is 20.7. The van der Waals surface area contributed by atoms with Gasteiger partial charge in [0.1, 0.15) is 12.7 Å². The molecule has 0 saturated heterocycles. The minimum absolute atomic E-state index is 0.0275. The summed E-state index contributed by atoms with van der Waals surface area (Å²) < 4.78 is 12.1. The Morgan fingerprint density at radius 2 is 1.97 bits per heavy atom. The van der Waals surface area contributed by atoms with Crippen molar-refractivity contribution in [2.24, 2.45) is 12.8 Å². The summed E-state index contributed by atoms with van der Waals surface area (Å²) in [7, 11) is 1.83. The Kier molecular flexibility index (Phi) is 6.76. The van der Waals surface area contributed by atoms with Gasteiger partial charge in [-0.25, -0.2) is 9.78 Å². The van der Waals surface area contributed by atoms with Crippen molar-refractivity contribution in [3.05, 3.63) is 24.8 Å². The number of hydrogen-bond acceptors (Lipinski definition) is 7. The second-order valence-electron chi connectivity index (χ2n) is 6.93. The predicted octanol–water partition coefficient (Wildman–Crippen LogP) is 1.65. The van der Waals surface area contributed by atoms with Gasteiger partial charge in [0.25, 0.3) is 5.91 Å². The normalized spacial score (nSPS) is 19.0. The Morgan fingerprint density at radius 1 is 1.21 bits per heavy atom. The van der Waals surface area contributed by atoms with Crippen LogP contribution in [0.4, 0.5) is 10.6 Å². The highest BCUT2D eigenvalue weighted by atomic mass is 16.6. The number of hydrogen-bond donors (Lipinski definition) is 1. The first-order valence-corrected chi connectivity index (χ1v) is 9.65. The van der Waals surface area contributed by atoms with Crippen molar-refractivity contribution in [2.45, 2.75) is 44.8 Å². The molecule has 1 aliphatic rings. The quantitative estimate of drug-likeness (QED) is 0.746. The lowest BCUT2D eigenvalue weighted by atomic mass is 9.91. The zero-order chi connectivity index (χ0) is 20.8. The second kappa shape index (κ2) is 9.46. The van der Waals surface area contributed by atoms with Crippen LogP contribution in [0.2, 0.25) is 0 Å². The second-order valence-corrected chi connectivity index (χ2v) is 6.93. The molecule has 0 atom stereocenters. The molecule has 2 N–H and O–H groups in total. The average molecular weight is 402 g/mol. The van der Waals surface area contributed by atoms with Gasteiger partial charge in [-0.3, -0.25) is 19.4 Å². The first-order chi connectivity index (χ1) is 14.0. The molecule has 3 rings (SSSR count). The lowest BCUT2D eigenvalue weighted by molar-refractivity contribution is -0.123. The number of nitrogens with zero attached hydrogens (tertiary/aromatic N) is 5. The maximum atomic E-state index is 12.8. The third-order valence-corrected chi connectivity index (χ3v) is 4.88. The first-order valence-electron chi connectivity index (χ1n) is 9.65. The van der Waals surface area contributed by atoms with Crippen molar-refractivity contribution in [3.8, 4) is 11.3 Å².